The molecule has 196 valence electrons. The van der Waals surface area contributed by atoms with Gasteiger partial charge in [-0.2, -0.15) is 0 Å². The second-order valence-corrected chi connectivity index (χ2v) is 10.6. The second kappa shape index (κ2) is 11.4. The van der Waals surface area contributed by atoms with Crippen molar-refractivity contribution in [2.75, 3.05) is 20.3 Å². The maximum absolute atomic E-state index is 14.5. The van der Waals surface area contributed by atoms with Gasteiger partial charge in [-0.05, 0) is 69.7 Å². The van der Waals surface area contributed by atoms with Crippen LogP contribution in [-0.2, 0) is 27.9 Å². The van der Waals surface area contributed by atoms with E-state index in [9.17, 15) is 14.0 Å². The topological polar surface area (TPSA) is 81.6 Å². The predicted octanol–water partition coefficient (Wildman–Crippen LogP) is 5.17. The fourth-order valence-electron chi connectivity index (χ4n) is 4.48. The molecular weight excluding hydrogens is 493 g/mol. The van der Waals surface area contributed by atoms with E-state index in [2.05, 4.69) is 9.97 Å². The Morgan fingerprint density at radius 3 is 2.62 bits per heavy atom. The van der Waals surface area contributed by atoms with Crippen molar-refractivity contribution in [3.8, 4) is 5.75 Å². The first-order valence-electron chi connectivity index (χ1n) is 12.5. The van der Waals surface area contributed by atoms with Gasteiger partial charge in [-0.15, -0.1) is 11.3 Å². The van der Waals surface area contributed by atoms with E-state index in [4.69, 9.17) is 9.47 Å². The van der Waals surface area contributed by atoms with E-state index in [1.807, 2.05) is 25.1 Å². The number of rotatable bonds is 11. The molecule has 0 atom stereocenters. The van der Waals surface area contributed by atoms with Gasteiger partial charge in [0.2, 0.25) is 5.91 Å². The number of amides is 1. The smallest absolute Gasteiger partial charge is 0.358 e. The molecule has 0 bridgehead atoms. The quantitative estimate of drug-likeness (QED) is 0.321. The number of methoxy groups -OCH3 is 1. The Morgan fingerprint density at radius 1 is 1.19 bits per heavy atom. The summed E-state index contributed by atoms with van der Waals surface area (Å²) in [5.74, 6) is -0.0540. The Balaban J connectivity index is 1.56. The normalized spacial score (nSPS) is 13.8. The maximum atomic E-state index is 14.5. The molecule has 0 spiro atoms. The minimum Gasteiger partial charge on any atom is -0.495 e. The molecule has 0 aliphatic heterocycles. The van der Waals surface area contributed by atoms with Gasteiger partial charge in [0, 0.05) is 11.4 Å². The SMILES string of the molecule is CCOC(=O)c1nc(CN(CCCc2cccc(C)c2F)C(=O)C2(c3ccc(OC)cn3)CC2)sc1C. The van der Waals surface area contributed by atoms with Crippen molar-refractivity contribution in [3.63, 3.8) is 0 Å². The zero-order chi connectivity index (χ0) is 26.6. The number of carbonyl (C=O) groups excluding carboxylic acids is 2. The molecule has 0 saturated heterocycles. The lowest BCUT2D eigenvalue weighted by atomic mass is 9.99. The number of carbonyl (C=O) groups is 2. The van der Waals surface area contributed by atoms with Crippen molar-refractivity contribution in [3.05, 3.63) is 74.7 Å². The molecule has 0 radical (unpaired) electrons. The molecule has 1 aromatic carbocycles. The van der Waals surface area contributed by atoms with E-state index in [1.54, 1.807) is 44.2 Å². The number of hydrogen-bond acceptors (Lipinski definition) is 7. The Hall–Kier alpha value is -3.33. The molecule has 37 heavy (non-hydrogen) atoms. The summed E-state index contributed by atoms with van der Waals surface area (Å²) in [5.41, 5.74) is 1.57. The fourth-order valence-corrected chi connectivity index (χ4v) is 5.41. The molecule has 4 rings (SSSR count). The van der Waals surface area contributed by atoms with E-state index in [1.165, 1.54) is 11.3 Å². The van der Waals surface area contributed by atoms with Crippen molar-refractivity contribution < 1.29 is 23.5 Å². The Labute approximate surface area is 220 Å². The maximum Gasteiger partial charge on any atom is 0.358 e. The Kier molecular flexibility index (Phi) is 8.22. The van der Waals surface area contributed by atoms with E-state index in [-0.39, 0.29) is 30.6 Å². The molecule has 3 aromatic rings. The van der Waals surface area contributed by atoms with E-state index in [0.29, 0.717) is 54.1 Å². The largest absolute Gasteiger partial charge is 0.495 e. The van der Waals surface area contributed by atoms with Crippen molar-refractivity contribution in [1.29, 1.82) is 0 Å². The standard InChI is InChI=1S/C28H32FN3O4S/c1-5-36-26(33)25-19(3)37-23(31-25)17-32(15-7-10-20-9-6-8-18(2)24(20)29)27(34)28(13-14-28)22-12-11-21(35-4)16-30-22/h6,8-9,11-12,16H,5,7,10,13-15,17H2,1-4H3. The number of nitrogens with zero attached hydrogens (tertiary/aromatic N) is 3. The summed E-state index contributed by atoms with van der Waals surface area (Å²) < 4.78 is 24.9. The summed E-state index contributed by atoms with van der Waals surface area (Å²) in [6.45, 7) is 6.28. The first-order valence-corrected chi connectivity index (χ1v) is 13.3. The first-order chi connectivity index (χ1) is 17.8. The number of ether oxygens (including phenoxy) is 2. The molecule has 1 aliphatic rings. The monoisotopic (exact) mass is 525 g/mol. The number of aryl methyl sites for hydroxylation is 3. The average Bonchev–Trinajstić information content (AvgIpc) is 3.62. The molecular formula is C28H32FN3O4S. The third-order valence-electron chi connectivity index (χ3n) is 6.69. The fraction of sp³-hybridized carbons (Fsp3) is 0.429. The number of aromatic nitrogens is 2. The lowest BCUT2D eigenvalue weighted by molar-refractivity contribution is -0.134. The zero-order valence-corrected chi connectivity index (χ0v) is 22.5. The van der Waals surface area contributed by atoms with Crippen LogP contribution < -0.4 is 4.74 Å². The first kappa shape index (κ1) is 26.7. The predicted molar refractivity (Wildman–Crippen MR) is 139 cm³/mol. The van der Waals surface area contributed by atoms with Gasteiger partial charge in [0.15, 0.2) is 5.69 Å². The van der Waals surface area contributed by atoms with Gasteiger partial charge in [0.05, 0.1) is 37.6 Å². The molecule has 2 aromatic heterocycles. The van der Waals surface area contributed by atoms with Crippen LogP contribution in [0.5, 0.6) is 5.75 Å². The number of benzene rings is 1. The summed E-state index contributed by atoms with van der Waals surface area (Å²) in [5, 5.41) is 0.661. The summed E-state index contributed by atoms with van der Waals surface area (Å²) in [6, 6.07) is 9.04. The highest BCUT2D eigenvalue weighted by atomic mass is 32.1. The Morgan fingerprint density at radius 2 is 1.97 bits per heavy atom. The second-order valence-electron chi connectivity index (χ2n) is 9.28. The molecule has 0 unspecified atom stereocenters. The number of pyridine rings is 1. The van der Waals surface area contributed by atoms with Crippen LogP contribution in [-0.4, -0.2) is 47.0 Å². The molecule has 9 heteroatoms. The molecule has 2 heterocycles. The number of halogens is 1. The van der Waals surface area contributed by atoms with Crippen LogP contribution in [0.3, 0.4) is 0 Å². The summed E-state index contributed by atoms with van der Waals surface area (Å²) in [4.78, 5) is 37.8. The van der Waals surface area contributed by atoms with Gasteiger partial charge in [-0.3, -0.25) is 9.78 Å². The van der Waals surface area contributed by atoms with Crippen LogP contribution in [0.2, 0.25) is 0 Å². The van der Waals surface area contributed by atoms with E-state index < -0.39 is 11.4 Å². The molecule has 0 N–H and O–H groups in total. The van der Waals surface area contributed by atoms with Crippen molar-refractivity contribution in [2.24, 2.45) is 0 Å². The van der Waals surface area contributed by atoms with Crippen LogP contribution in [0.15, 0.2) is 36.5 Å². The van der Waals surface area contributed by atoms with Crippen molar-refractivity contribution in [1.82, 2.24) is 14.9 Å². The van der Waals surface area contributed by atoms with Crippen LogP contribution in [0.4, 0.5) is 4.39 Å². The molecule has 1 aliphatic carbocycles. The number of esters is 1. The summed E-state index contributed by atoms with van der Waals surface area (Å²) in [7, 11) is 1.58. The lowest BCUT2D eigenvalue weighted by Crippen LogP contribution is -2.40. The molecule has 1 amide bonds. The van der Waals surface area contributed by atoms with Gasteiger partial charge in [0.1, 0.15) is 16.6 Å². The summed E-state index contributed by atoms with van der Waals surface area (Å²) >= 11 is 1.38. The molecule has 7 nitrogen and oxygen atoms in total. The average molecular weight is 526 g/mol. The highest BCUT2D eigenvalue weighted by molar-refractivity contribution is 7.11. The number of hydrogen-bond donors (Lipinski definition) is 0. The van der Waals surface area contributed by atoms with Gasteiger partial charge >= 0.3 is 5.97 Å². The third-order valence-corrected chi connectivity index (χ3v) is 7.65. The summed E-state index contributed by atoms with van der Waals surface area (Å²) in [6.07, 6.45) is 4.14. The van der Waals surface area contributed by atoms with Gasteiger partial charge in [0.25, 0.3) is 0 Å². The van der Waals surface area contributed by atoms with Crippen LogP contribution in [0.25, 0.3) is 0 Å². The van der Waals surface area contributed by atoms with E-state index in [0.717, 1.165) is 10.6 Å². The minimum atomic E-state index is -0.683. The van der Waals surface area contributed by atoms with Crippen molar-refractivity contribution in [2.45, 2.75) is 58.4 Å². The zero-order valence-electron chi connectivity index (χ0n) is 21.7. The van der Waals surface area contributed by atoms with Gasteiger partial charge in [-0.25, -0.2) is 14.2 Å². The van der Waals surface area contributed by atoms with Crippen LogP contribution in [0.1, 0.15) is 63.4 Å². The highest BCUT2D eigenvalue weighted by Crippen LogP contribution is 2.49. The van der Waals surface area contributed by atoms with E-state index >= 15 is 0 Å². The minimum absolute atomic E-state index is 0.0274. The molecule has 1 saturated carbocycles. The van der Waals surface area contributed by atoms with Gasteiger partial charge < -0.3 is 14.4 Å². The molecule has 1 fully saturated rings. The van der Waals surface area contributed by atoms with Crippen LogP contribution in [0, 0.1) is 19.7 Å². The highest BCUT2D eigenvalue weighted by Gasteiger charge is 2.54. The third kappa shape index (κ3) is 5.82. The van der Waals surface area contributed by atoms with Gasteiger partial charge in [-0.1, -0.05) is 18.2 Å². The van der Waals surface area contributed by atoms with Crippen LogP contribution >= 0.6 is 11.3 Å². The van der Waals surface area contributed by atoms with Crippen molar-refractivity contribution >= 4 is 23.2 Å². The Bertz CT molecular complexity index is 1270. The number of thiazole rings is 1. The lowest BCUT2D eigenvalue weighted by Gasteiger charge is -2.27.